The molecule has 1 aromatic heterocycles. The summed E-state index contributed by atoms with van der Waals surface area (Å²) in [6.45, 7) is 4.33. The number of aliphatic imine (C=N–C) groups is 1. The monoisotopic (exact) mass is 197 g/mol. The predicted molar refractivity (Wildman–Crippen MR) is 57.5 cm³/mol. The maximum atomic E-state index is 4.58. The van der Waals surface area contributed by atoms with Crippen LogP contribution in [0, 0.1) is 6.92 Å². The Morgan fingerprint density at radius 2 is 2.42 bits per heavy atom. The average molecular weight is 197 g/mol. The van der Waals surface area contributed by atoms with Crippen molar-refractivity contribution in [3.8, 4) is 0 Å². The Kier molecular flexibility index (Phi) is 2.24. The lowest BCUT2D eigenvalue weighted by atomic mass is 10.3. The molecule has 0 radical (unpaired) electrons. The van der Waals surface area contributed by atoms with E-state index in [4.69, 9.17) is 0 Å². The van der Waals surface area contributed by atoms with E-state index in [2.05, 4.69) is 30.3 Å². The Bertz CT molecular complexity index is 314. The molecule has 0 unspecified atom stereocenters. The third kappa shape index (κ3) is 1.43. The minimum atomic E-state index is 0.504. The zero-order valence-electron chi connectivity index (χ0n) is 7.20. The molecule has 12 heavy (non-hydrogen) atoms. The molecule has 0 fully saturated rings. The van der Waals surface area contributed by atoms with Gasteiger partial charge in [0.2, 0.25) is 0 Å². The van der Waals surface area contributed by atoms with Crippen LogP contribution in [0.15, 0.2) is 16.4 Å². The van der Waals surface area contributed by atoms with Gasteiger partial charge < -0.3 is 0 Å². The average Bonchev–Trinajstić information content (AvgIpc) is 2.58. The summed E-state index contributed by atoms with van der Waals surface area (Å²) in [5, 5.41) is 3.37. The highest BCUT2D eigenvalue weighted by atomic mass is 32.2. The zero-order valence-corrected chi connectivity index (χ0v) is 8.84. The molecule has 64 valence electrons. The number of aryl methyl sites for hydroxylation is 1. The van der Waals surface area contributed by atoms with Crippen molar-refractivity contribution in [3.05, 3.63) is 21.9 Å². The minimum absolute atomic E-state index is 0.504. The lowest BCUT2D eigenvalue weighted by Gasteiger charge is -1.95. The molecule has 0 amide bonds. The van der Waals surface area contributed by atoms with Crippen LogP contribution in [-0.2, 0) is 0 Å². The predicted octanol–water partition coefficient (Wildman–Crippen LogP) is 2.94. The molecule has 1 atom stereocenters. The summed E-state index contributed by atoms with van der Waals surface area (Å²) in [6.07, 6.45) is 0. The summed E-state index contributed by atoms with van der Waals surface area (Å²) in [7, 11) is 0. The molecule has 0 saturated carbocycles. The van der Waals surface area contributed by atoms with Crippen molar-refractivity contribution in [1.29, 1.82) is 0 Å². The SMILES string of the molecule is Cc1sccc1C1=N[C@H](C)CS1. The number of rotatable bonds is 1. The maximum absolute atomic E-state index is 4.58. The summed E-state index contributed by atoms with van der Waals surface area (Å²) >= 11 is 3.68. The van der Waals surface area contributed by atoms with E-state index in [1.807, 2.05) is 11.8 Å². The maximum Gasteiger partial charge on any atom is 0.0992 e. The fourth-order valence-electron chi connectivity index (χ4n) is 1.23. The van der Waals surface area contributed by atoms with Crippen molar-refractivity contribution in [1.82, 2.24) is 0 Å². The van der Waals surface area contributed by atoms with E-state index in [0.29, 0.717) is 6.04 Å². The molecule has 0 aromatic carbocycles. The van der Waals surface area contributed by atoms with Gasteiger partial charge >= 0.3 is 0 Å². The van der Waals surface area contributed by atoms with E-state index in [-0.39, 0.29) is 0 Å². The number of nitrogens with zero attached hydrogens (tertiary/aromatic N) is 1. The number of hydrogen-bond donors (Lipinski definition) is 0. The van der Waals surface area contributed by atoms with Gasteiger partial charge in [-0.2, -0.15) is 0 Å². The van der Waals surface area contributed by atoms with Crippen LogP contribution in [-0.4, -0.2) is 16.8 Å². The van der Waals surface area contributed by atoms with Gasteiger partial charge in [-0.3, -0.25) is 4.99 Å². The van der Waals surface area contributed by atoms with Crippen molar-refractivity contribution >= 4 is 28.1 Å². The second-order valence-corrected chi connectivity index (χ2v) is 5.11. The van der Waals surface area contributed by atoms with E-state index in [9.17, 15) is 0 Å². The molecular weight excluding hydrogens is 186 g/mol. The van der Waals surface area contributed by atoms with Gasteiger partial charge in [0.05, 0.1) is 11.1 Å². The lowest BCUT2D eigenvalue weighted by Crippen LogP contribution is -1.93. The first-order valence-electron chi connectivity index (χ1n) is 4.02. The number of thiophene rings is 1. The summed E-state index contributed by atoms with van der Waals surface area (Å²) < 4.78 is 0. The Balaban J connectivity index is 2.32. The summed E-state index contributed by atoms with van der Waals surface area (Å²) in [6, 6.07) is 2.67. The molecule has 0 bridgehead atoms. The van der Waals surface area contributed by atoms with Crippen molar-refractivity contribution in [2.24, 2.45) is 4.99 Å². The van der Waals surface area contributed by atoms with Crippen LogP contribution >= 0.6 is 23.1 Å². The first kappa shape index (κ1) is 8.32. The summed E-state index contributed by atoms with van der Waals surface area (Å²) in [5.41, 5.74) is 1.34. The normalized spacial score (nSPS) is 22.8. The van der Waals surface area contributed by atoms with E-state index in [1.165, 1.54) is 15.5 Å². The standard InChI is InChI=1S/C9H11NS2/c1-6-5-12-9(10-6)8-3-4-11-7(8)2/h3-4,6H,5H2,1-2H3/t6-/m1/s1. The molecule has 3 heteroatoms. The van der Waals surface area contributed by atoms with Crippen LogP contribution in [0.4, 0.5) is 0 Å². The second-order valence-electron chi connectivity index (χ2n) is 2.98. The first-order chi connectivity index (χ1) is 5.77. The largest absolute Gasteiger partial charge is 0.274 e. The van der Waals surface area contributed by atoms with Gasteiger partial charge in [0.25, 0.3) is 0 Å². The molecule has 0 saturated heterocycles. The highest BCUT2D eigenvalue weighted by Gasteiger charge is 2.17. The van der Waals surface area contributed by atoms with Gasteiger partial charge in [0.1, 0.15) is 0 Å². The molecule has 1 aliphatic heterocycles. The number of hydrogen-bond acceptors (Lipinski definition) is 3. The van der Waals surface area contributed by atoms with Crippen molar-refractivity contribution in [2.45, 2.75) is 19.9 Å². The molecule has 1 aromatic rings. The second kappa shape index (κ2) is 3.23. The Hall–Kier alpha value is -0.280. The Morgan fingerprint density at radius 3 is 2.92 bits per heavy atom. The van der Waals surface area contributed by atoms with Gasteiger partial charge in [-0.25, -0.2) is 0 Å². The third-order valence-corrected chi connectivity index (χ3v) is 3.98. The van der Waals surface area contributed by atoms with Crippen molar-refractivity contribution in [3.63, 3.8) is 0 Å². The summed E-state index contributed by atoms with van der Waals surface area (Å²) in [5.74, 6) is 1.14. The smallest absolute Gasteiger partial charge is 0.0992 e. The van der Waals surface area contributed by atoms with Gasteiger partial charge in [-0.1, -0.05) is 0 Å². The van der Waals surface area contributed by atoms with Crippen LogP contribution in [0.2, 0.25) is 0 Å². The molecule has 0 N–H and O–H groups in total. The fraction of sp³-hybridized carbons (Fsp3) is 0.444. The van der Waals surface area contributed by atoms with E-state index in [0.717, 1.165) is 5.75 Å². The highest BCUT2D eigenvalue weighted by molar-refractivity contribution is 8.14. The Labute approximate surface area is 80.9 Å². The third-order valence-electron chi connectivity index (χ3n) is 1.89. The van der Waals surface area contributed by atoms with Gasteiger partial charge in [0.15, 0.2) is 0 Å². The van der Waals surface area contributed by atoms with Gasteiger partial charge in [-0.15, -0.1) is 23.1 Å². The molecule has 0 aliphatic carbocycles. The van der Waals surface area contributed by atoms with Gasteiger partial charge in [-0.05, 0) is 25.3 Å². The molecule has 2 heterocycles. The Morgan fingerprint density at radius 1 is 1.58 bits per heavy atom. The van der Waals surface area contributed by atoms with Crippen LogP contribution in [0.5, 0.6) is 0 Å². The molecule has 1 nitrogen and oxygen atoms in total. The van der Waals surface area contributed by atoms with E-state index < -0.39 is 0 Å². The van der Waals surface area contributed by atoms with E-state index in [1.54, 1.807) is 11.3 Å². The number of thioether (sulfide) groups is 1. The molecule has 2 rings (SSSR count). The van der Waals surface area contributed by atoms with E-state index >= 15 is 0 Å². The lowest BCUT2D eigenvalue weighted by molar-refractivity contribution is 0.865. The molecular formula is C9H11NS2. The summed E-state index contributed by atoms with van der Waals surface area (Å²) in [4.78, 5) is 5.96. The van der Waals surface area contributed by atoms with Gasteiger partial charge in [0, 0.05) is 16.2 Å². The minimum Gasteiger partial charge on any atom is -0.274 e. The highest BCUT2D eigenvalue weighted by Crippen LogP contribution is 2.27. The molecule has 0 spiro atoms. The topological polar surface area (TPSA) is 12.4 Å². The van der Waals surface area contributed by atoms with Crippen LogP contribution in [0.1, 0.15) is 17.4 Å². The van der Waals surface area contributed by atoms with Crippen LogP contribution in [0.25, 0.3) is 0 Å². The molecule has 1 aliphatic rings. The fourth-order valence-corrected chi connectivity index (χ4v) is 3.10. The first-order valence-corrected chi connectivity index (χ1v) is 5.89. The van der Waals surface area contributed by atoms with Crippen molar-refractivity contribution < 1.29 is 0 Å². The van der Waals surface area contributed by atoms with Crippen molar-refractivity contribution in [2.75, 3.05) is 5.75 Å². The van der Waals surface area contributed by atoms with Crippen LogP contribution in [0.3, 0.4) is 0 Å². The van der Waals surface area contributed by atoms with Crippen LogP contribution < -0.4 is 0 Å². The quantitative estimate of drug-likeness (QED) is 0.674. The zero-order chi connectivity index (χ0) is 8.55.